The molecule has 0 bridgehead atoms. The van der Waals surface area contributed by atoms with Gasteiger partial charge in [0.1, 0.15) is 0 Å². The molecular formula is C10H10N2. The van der Waals surface area contributed by atoms with Gasteiger partial charge in [0.05, 0.1) is 12.9 Å². The Kier molecular flexibility index (Phi) is 1.90. The highest BCUT2D eigenvalue weighted by Gasteiger charge is 1.99. The van der Waals surface area contributed by atoms with Crippen molar-refractivity contribution >= 4 is 12.0 Å². The number of aliphatic imine (C=N–C) groups is 1. The van der Waals surface area contributed by atoms with Crippen LogP contribution >= 0.6 is 0 Å². The Labute approximate surface area is 71.6 Å². The van der Waals surface area contributed by atoms with Crippen LogP contribution in [0.2, 0.25) is 0 Å². The summed E-state index contributed by atoms with van der Waals surface area (Å²) < 4.78 is 0. The number of nitrogens with one attached hydrogen (secondary N) is 1. The average molecular weight is 158 g/mol. The molecule has 0 aromatic heterocycles. The lowest BCUT2D eigenvalue weighted by atomic mass is 10.1. The van der Waals surface area contributed by atoms with Crippen molar-refractivity contribution in [2.45, 2.75) is 0 Å². The van der Waals surface area contributed by atoms with E-state index in [1.54, 1.807) is 6.34 Å². The highest BCUT2D eigenvalue weighted by molar-refractivity contribution is 5.77. The average Bonchev–Trinajstić information content (AvgIpc) is 2.21. The second-order valence-corrected chi connectivity index (χ2v) is 2.62. The van der Waals surface area contributed by atoms with Gasteiger partial charge in [-0.2, -0.15) is 0 Å². The molecule has 1 aliphatic rings. The SMILES string of the molecule is C1=NCC=C(c2ccccc2)N1. The summed E-state index contributed by atoms with van der Waals surface area (Å²) >= 11 is 0. The molecule has 60 valence electrons. The van der Waals surface area contributed by atoms with Crippen LogP contribution in [0.4, 0.5) is 0 Å². The van der Waals surface area contributed by atoms with Gasteiger partial charge >= 0.3 is 0 Å². The molecule has 0 aliphatic carbocycles. The van der Waals surface area contributed by atoms with Crippen LogP contribution in [0.5, 0.6) is 0 Å². The minimum atomic E-state index is 0.775. The maximum Gasteiger partial charge on any atom is 0.0871 e. The van der Waals surface area contributed by atoms with Crippen LogP contribution in [0.15, 0.2) is 41.4 Å². The Hall–Kier alpha value is -1.57. The topological polar surface area (TPSA) is 24.4 Å². The first-order valence-corrected chi connectivity index (χ1v) is 3.97. The lowest BCUT2D eigenvalue weighted by Gasteiger charge is -2.09. The number of nitrogens with zero attached hydrogens (tertiary/aromatic N) is 1. The van der Waals surface area contributed by atoms with Crippen LogP contribution < -0.4 is 5.32 Å². The van der Waals surface area contributed by atoms with Gasteiger partial charge in [-0.05, 0) is 11.6 Å². The molecule has 0 radical (unpaired) electrons. The van der Waals surface area contributed by atoms with Crippen LogP contribution in [0.3, 0.4) is 0 Å². The van der Waals surface area contributed by atoms with Crippen molar-refractivity contribution in [3.05, 3.63) is 42.0 Å². The predicted octanol–water partition coefficient (Wildman–Crippen LogP) is 1.66. The molecule has 0 saturated carbocycles. The fourth-order valence-corrected chi connectivity index (χ4v) is 1.19. The van der Waals surface area contributed by atoms with Crippen LogP contribution in [0.1, 0.15) is 5.56 Å². The molecule has 12 heavy (non-hydrogen) atoms. The highest BCUT2D eigenvalue weighted by Crippen LogP contribution is 2.10. The summed E-state index contributed by atoms with van der Waals surface area (Å²) in [5.74, 6) is 0. The smallest absolute Gasteiger partial charge is 0.0871 e. The van der Waals surface area contributed by atoms with Crippen LogP contribution in [0, 0.1) is 0 Å². The molecular weight excluding hydrogens is 148 g/mol. The van der Waals surface area contributed by atoms with Gasteiger partial charge in [-0.15, -0.1) is 0 Å². The fourth-order valence-electron chi connectivity index (χ4n) is 1.19. The van der Waals surface area contributed by atoms with Crippen molar-refractivity contribution in [2.24, 2.45) is 4.99 Å². The minimum Gasteiger partial charge on any atom is -0.346 e. The summed E-state index contributed by atoms with van der Waals surface area (Å²) in [6.45, 7) is 0.775. The van der Waals surface area contributed by atoms with E-state index in [0.29, 0.717) is 0 Å². The van der Waals surface area contributed by atoms with Crippen LogP contribution in [0.25, 0.3) is 5.70 Å². The van der Waals surface area contributed by atoms with E-state index in [-0.39, 0.29) is 0 Å². The first kappa shape index (κ1) is 7.10. The molecule has 0 amide bonds. The van der Waals surface area contributed by atoms with Gasteiger partial charge in [0.15, 0.2) is 0 Å². The summed E-state index contributed by atoms with van der Waals surface area (Å²) in [5.41, 5.74) is 2.36. The zero-order valence-corrected chi connectivity index (χ0v) is 6.70. The maximum absolute atomic E-state index is 4.04. The van der Waals surface area contributed by atoms with E-state index in [0.717, 1.165) is 12.2 Å². The fraction of sp³-hybridized carbons (Fsp3) is 0.100. The lowest BCUT2D eigenvalue weighted by Crippen LogP contribution is -2.13. The number of hydrogen-bond acceptors (Lipinski definition) is 2. The van der Waals surface area contributed by atoms with Crippen molar-refractivity contribution in [3.8, 4) is 0 Å². The van der Waals surface area contributed by atoms with Crippen molar-refractivity contribution in [1.29, 1.82) is 0 Å². The summed E-state index contributed by atoms with van der Waals surface area (Å²) in [6.07, 6.45) is 3.82. The van der Waals surface area contributed by atoms with Crippen molar-refractivity contribution in [3.63, 3.8) is 0 Å². The van der Waals surface area contributed by atoms with E-state index in [4.69, 9.17) is 0 Å². The van der Waals surface area contributed by atoms with E-state index in [9.17, 15) is 0 Å². The standard InChI is InChI=1S/C10H10N2/c1-2-4-9(5-3-1)10-6-7-11-8-12-10/h1-6,8H,7H2,(H,11,12). The largest absolute Gasteiger partial charge is 0.346 e. The third-order valence-electron chi connectivity index (χ3n) is 1.80. The number of benzene rings is 1. The third kappa shape index (κ3) is 1.37. The lowest BCUT2D eigenvalue weighted by molar-refractivity contribution is 1.15. The minimum absolute atomic E-state index is 0.775. The number of rotatable bonds is 1. The molecule has 0 unspecified atom stereocenters. The second kappa shape index (κ2) is 3.22. The van der Waals surface area contributed by atoms with E-state index >= 15 is 0 Å². The molecule has 2 heteroatoms. The Bertz CT molecular complexity index is 312. The van der Waals surface area contributed by atoms with E-state index in [1.165, 1.54) is 5.56 Å². The van der Waals surface area contributed by atoms with Crippen LogP contribution in [-0.4, -0.2) is 12.9 Å². The molecule has 1 aromatic rings. The van der Waals surface area contributed by atoms with Crippen molar-refractivity contribution < 1.29 is 0 Å². The molecule has 0 spiro atoms. The molecule has 2 rings (SSSR count). The first-order chi connectivity index (χ1) is 5.97. The van der Waals surface area contributed by atoms with Gasteiger partial charge in [0, 0.05) is 5.70 Å². The monoisotopic (exact) mass is 158 g/mol. The van der Waals surface area contributed by atoms with Gasteiger partial charge in [0.25, 0.3) is 0 Å². The predicted molar refractivity (Wildman–Crippen MR) is 50.9 cm³/mol. The normalized spacial score (nSPS) is 15.2. The molecule has 1 heterocycles. The molecule has 1 N–H and O–H groups in total. The molecule has 2 nitrogen and oxygen atoms in total. The maximum atomic E-state index is 4.04. The second-order valence-electron chi connectivity index (χ2n) is 2.62. The first-order valence-electron chi connectivity index (χ1n) is 3.97. The molecule has 0 saturated heterocycles. The molecule has 0 fully saturated rings. The third-order valence-corrected chi connectivity index (χ3v) is 1.80. The van der Waals surface area contributed by atoms with Gasteiger partial charge in [-0.3, -0.25) is 4.99 Å². The van der Waals surface area contributed by atoms with E-state index in [1.807, 2.05) is 18.2 Å². The summed E-state index contributed by atoms with van der Waals surface area (Å²) in [6, 6.07) is 10.2. The summed E-state index contributed by atoms with van der Waals surface area (Å²) in [5, 5.41) is 3.10. The van der Waals surface area contributed by atoms with Gasteiger partial charge < -0.3 is 5.32 Å². The van der Waals surface area contributed by atoms with E-state index < -0.39 is 0 Å². The molecule has 1 aromatic carbocycles. The zero-order chi connectivity index (χ0) is 8.23. The van der Waals surface area contributed by atoms with Gasteiger partial charge in [-0.25, -0.2) is 0 Å². The Morgan fingerprint density at radius 1 is 1.17 bits per heavy atom. The Morgan fingerprint density at radius 3 is 2.67 bits per heavy atom. The summed E-state index contributed by atoms with van der Waals surface area (Å²) in [7, 11) is 0. The zero-order valence-electron chi connectivity index (χ0n) is 6.70. The quantitative estimate of drug-likeness (QED) is 0.660. The molecule has 1 aliphatic heterocycles. The van der Waals surface area contributed by atoms with E-state index in [2.05, 4.69) is 28.5 Å². The Morgan fingerprint density at radius 2 is 2.00 bits per heavy atom. The van der Waals surface area contributed by atoms with Gasteiger partial charge in [0.2, 0.25) is 0 Å². The highest BCUT2D eigenvalue weighted by atomic mass is 15.0. The summed E-state index contributed by atoms with van der Waals surface area (Å²) in [4.78, 5) is 4.04. The Balaban J connectivity index is 2.26. The molecule has 0 atom stereocenters. The number of hydrogen-bond donors (Lipinski definition) is 1. The van der Waals surface area contributed by atoms with Crippen LogP contribution in [-0.2, 0) is 0 Å². The van der Waals surface area contributed by atoms with Crippen molar-refractivity contribution in [1.82, 2.24) is 5.32 Å². The van der Waals surface area contributed by atoms with Gasteiger partial charge in [-0.1, -0.05) is 30.3 Å². The van der Waals surface area contributed by atoms with Crippen molar-refractivity contribution in [2.75, 3.05) is 6.54 Å².